The van der Waals surface area contributed by atoms with Crippen LogP contribution in [0.5, 0.6) is 0 Å². The molecule has 1 aliphatic heterocycles. The highest BCUT2D eigenvalue weighted by Gasteiger charge is 2.36. The van der Waals surface area contributed by atoms with Gasteiger partial charge in [-0.1, -0.05) is 0 Å². The SMILES string of the molecule is CN[C@H]1C(O)OC[C@@H](O)[C@@H]1O. The Kier molecular flexibility index (Phi) is 2.80. The van der Waals surface area contributed by atoms with Crippen LogP contribution in [0.4, 0.5) is 0 Å². The molecule has 0 bridgehead atoms. The number of rotatable bonds is 1. The van der Waals surface area contributed by atoms with Crippen LogP contribution in [0.3, 0.4) is 0 Å². The lowest BCUT2D eigenvalue weighted by Gasteiger charge is -2.35. The maximum atomic E-state index is 9.26. The second-order valence-corrected chi connectivity index (χ2v) is 2.60. The summed E-state index contributed by atoms with van der Waals surface area (Å²) in [5, 5.41) is 30.1. The summed E-state index contributed by atoms with van der Waals surface area (Å²) < 4.78 is 4.75. The standard InChI is InChI=1S/C6H13NO4/c1-7-4-5(9)3(8)2-11-6(4)10/h3-10H,2H2,1H3/t3-,4-,5+,6?/m1/s1. The number of likely N-dealkylation sites (N-methyl/N-ethyl adjacent to an activating group) is 1. The van der Waals surface area contributed by atoms with Crippen molar-refractivity contribution in [2.75, 3.05) is 13.7 Å². The van der Waals surface area contributed by atoms with Crippen LogP contribution in [-0.2, 0) is 4.74 Å². The van der Waals surface area contributed by atoms with Gasteiger partial charge in [0.2, 0.25) is 0 Å². The van der Waals surface area contributed by atoms with Gasteiger partial charge in [-0.15, -0.1) is 0 Å². The third kappa shape index (κ3) is 1.69. The quantitative estimate of drug-likeness (QED) is 0.348. The monoisotopic (exact) mass is 163 g/mol. The summed E-state index contributed by atoms with van der Waals surface area (Å²) in [6.45, 7) is -0.0273. The smallest absolute Gasteiger partial charge is 0.172 e. The second-order valence-electron chi connectivity index (χ2n) is 2.60. The van der Waals surface area contributed by atoms with Crippen molar-refractivity contribution in [2.24, 2.45) is 0 Å². The average Bonchev–Trinajstić information content (AvgIpc) is 1.99. The zero-order chi connectivity index (χ0) is 8.43. The minimum Gasteiger partial charge on any atom is -0.388 e. The van der Waals surface area contributed by atoms with Crippen LogP contribution < -0.4 is 5.32 Å². The van der Waals surface area contributed by atoms with E-state index in [2.05, 4.69) is 5.32 Å². The topological polar surface area (TPSA) is 82.0 Å². The van der Waals surface area contributed by atoms with Gasteiger partial charge < -0.3 is 25.4 Å². The summed E-state index contributed by atoms with van der Waals surface area (Å²) in [5.41, 5.74) is 0. The van der Waals surface area contributed by atoms with Crippen molar-refractivity contribution in [1.29, 1.82) is 0 Å². The van der Waals surface area contributed by atoms with Gasteiger partial charge in [-0.05, 0) is 7.05 Å². The summed E-state index contributed by atoms with van der Waals surface area (Å²) in [7, 11) is 1.58. The van der Waals surface area contributed by atoms with Crippen molar-refractivity contribution in [3.05, 3.63) is 0 Å². The van der Waals surface area contributed by atoms with E-state index in [1.807, 2.05) is 0 Å². The highest BCUT2D eigenvalue weighted by molar-refractivity contribution is 4.86. The van der Waals surface area contributed by atoms with Crippen LogP contribution in [0.1, 0.15) is 0 Å². The molecule has 1 rings (SSSR count). The Morgan fingerprint density at radius 2 is 2.00 bits per heavy atom. The van der Waals surface area contributed by atoms with Gasteiger partial charge in [0.05, 0.1) is 12.6 Å². The molecular formula is C6H13NO4. The van der Waals surface area contributed by atoms with Crippen molar-refractivity contribution in [2.45, 2.75) is 24.5 Å². The molecule has 1 aliphatic rings. The predicted octanol–water partition coefficient (Wildman–Crippen LogP) is -2.36. The van der Waals surface area contributed by atoms with Gasteiger partial charge in [0.25, 0.3) is 0 Å². The Balaban J connectivity index is 2.55. The third-order valence-electron chi connectivity index (χ3n) is 1.84. The number of hydrogen-bond acceptors (Lipinski definition) is 5. The van der Waals surface area contributed by atoms with Crippen LogP contribution in [-0.4, -0.2) is 53.5 Å². The average molecular weight is 163 g/mol. The van der Waals surface area contributed by atoms with E-state index in [4.69, 9.17) is 14.9 Å². The van der Waals surface area contributed by atoms with Crippen LogP contribution in [0.2, 0.25) is 0 Å². The Morgan fingerprint density at radius 1 is 1.36 bits per heavy atom. The minimum absolute atomic E-state index is 0.0273. The van der Waals surface area contributed by atoms with E-state index in [1.165, 1.54) is 0 Å². The molecule has 0 spiro atoms. The molecule has 4 atom stereocenters. The van der Waals surface area contributed by atoms with Crippen LogP contribution in [0.25, 0.3) is 0 Å². The van der Waals surface area contributed by atoms with E-state index in [-0.39, 0.29) is 6.61 Å². The molecular weight excluding hydrogens is 150 g/mol. The fourth-order valence-electron chi connectivity index (χ4n) is 1.12. The van der Waals surface area contributed by atoms with E-state index in [9.17, 15) is 5.11 Å². The first-order chi connectivity index (χ1) is 5.16. The molecule has 66 valence electrons. The molecule has 1 saturated heterocycles. The van der Waals surface area contributed by atoms with E-state index in [1.54, 1.807) is 7.05 Å². The van der Waals surface area contributed by atoms with Gasteiger partial charge in [0.1, 0.15) is 12.2 Å². The molecule has 1 unspecified atom stereocenters. The number of hydrogen-bond donors (Lipinski definition) is 4. The third-order valence-corrected chi connectivity index (χ3v) is 1.84. The van der Waals surface area contributed by atoms with Gasteiger partial charge >= 0.3 is 0 Å². The predicted molar refractivity (Wildman–Crippen MR) is 36.8 cm³/mol. The Labute approximate surface area is 64.6 Å². The fraction of sp³-hybridized carbons (Fsp3) is 1.00. The summed E-state index contributed by atoms with van der Waals surface area (Å²) >= 11 is 0. The minimum atomic E-state index is -1.04. The van der Waals surface area contributed by atoms with Crippen molar-refractivity contribution < 1.29 is 20.1 Å². The van der Waals surface area contributed by atoms with Gasteiger partial charge in [-0.2, -0.15) is 0 Å². The van der Waals surface area contributed by atoms with Gasteiger partial charge in [-0.25, -0.2) is 0 Å². The van der Waals surface area contributed by atoms with Crippen LogP contribution in [0.15, 0.2) is 0 Å². The number of aliphatic hydroxyl groups excluding tert-OH is 3. The highest BCUT2D eigenvalue weighted by Crippen LogP contribution is 2.12. The van der Waals surface area contributed by atoms with E-state index < -0.39 is 24.5 Å². The lowest BCUT2D eigenvalue weighted by molar-refractivity contribution is -0.211. The van der Waals surface area contributed by atoms with E-state index >= 15 is 0 Å². The lowest BCUT2D eigenvalue weighted by atomic mass is 10.0. The molecule has 0 aliphatic carbocycles. The Morgan fingerprint density at radius 3 is 2.45 bits per heavy atom. The molecule has 0 aromatic heterocycles. The number of ether oxygens (including phenoxy) is 1. The van der Waals surface area contributed by atoms with Crippen molar-refractivity contribution in [3.8, 4) is 0 Å². The molecule has 0 radical (unpaired) electrons. The van der Waals surface area contributed by atoms with Crippen LogP contribution >= 0.6 is 0 Å². The van der Waals surface area contributed by atoms with Gasteiger partial charge in [0.15, 0.2) is 6.29 Å². The lowest BCUT2D eigenvalue weighted by Crippen LogP contribution is -2.58. The maximum Gasteiger partial charge on any atom is 0.172 e. The van der Waals surface area contributed by atoms with Crippen molar-refractivity contribution >= 4 is 0 Å². The first kappa shape index (κ1) is 8.89. The number of aliphatic hydroxyl groups is 3. The first-order valence-electron chi connectivity index (χ1n) is 3.50. The summed E-state index contributed by atoms with van der Waals surface area (Å²) in [6.07, 6.45) is -2.93. The van der Waals surface area contributed by atoms with E-state index in [0.717, 1.165) is 0 Å². The molecule has 0 amide bonds. The zero-order valence-electron chi connectivity index (χ0n) is 6.27. The summed E-state index contributed by atoms with van der Waals surface area (Å²) in [6, 6.07) is -0.612. The Bertz CT molecular complexity index is 132. The normalized spacial score (nSPS) is 45.8. The molecule has 5 heteroatoms. The first-order valence-corrected chi connectivity index (χ1v) is 3.50. The molecule has 0 aromatic rings. The van der Waals surface area contributed by atoms with Crippen LogP contribution in [0, 0.1) is 0 Å². The largest absolute Gasteiger partial charge is 0.388 e. The molecule has 0 saturated carbocycles. The summed E-state index contributed by atoms with van der Waals surface area (Å²) in [5.74, 6) is 0. The van der Waals surface area contributed by atoms with Gasteiger partial charge in [0, 0.05) is 0 Å². The fourth-order valence-corrected chi connectivity index (χ4v) is 1.12. The number of nitrogens with one attached hydrogen (secondary N) is 1. The van der Waals surface area contributed by atoms with Crippen molar-refractivity contribution in [3.63, 3.8) is 0 Å². The second kappa shape index (κ2) is 3.46. The van der Waals surface area contributed by atoms with E-state index in [0.29, 0.717) is 0 Å². The molecule has 4 N–H and O–H groups in total. The molecule has 0 aromatic carbocycles. The molecule has 11 heavy (non-hydrogen) atoms. The molecule has 1 heterocycles. The Hall–Kier alpha value is -0.200. The van der Waals surface area contributed by atoms with Crippen molar-refractivity contribution in [1.82, 2.24) is 5.32 Å². The molecule has 1 fully saturated rings. The zero-order valence-corrected chi connectivity index (χ0v) is 6.27. The van der Waals surface area contributed by atoms with Gasteiger partial charge in [-0.3, -0.25) is 0 Å². The molecule has 5 nitrogen and oxygen atoms in total. The summed E-state index contributed by atoms with van der Waals surface area (Å²) in [4.78, 5) is 0. The maximum absolute atomic E-state index is 9.26. The highest BCUT2D eigenvalue weighted by atomic mass is 16.6.